The summed E-state index contributed by atoms with van der Waals surface area (Å²) in [5.41, 5.74) is 4.87. The van der Waals surface area contributed by atoms with Crippen molar-refractivity contribution in [2.75, 3.05) is 25.1 Å². The summed E-state index contributed by atoms with van der Waals surface area (Å²) in [4.78, 5) is 15.2. The van der Waals surface area contributed by atoms with Gasteiger partial charge >= 0.3 is 0 Å². The summed E-state index contributed by atoms with van der Waals surface area (Å²) in [7, 11) is 1.65. The highest BCUT2D eigenvalue weighted by Gasteiger charge is 2.29. The number of anilines is 1. The van der Waals surface area contributed by atoms with Crippen molar-refractivity contribution >= 4 is 22.4 Å². The van der Waals surface area contributed by atoms with Crippen molar-refractivity contribution in [2.24, 2.45) is 5.92 Å². The minimum absolute atomic E-state index is 0.278. The Kier molecular flexibility index (Phi) is 7.07. The summed E-state index contributed by atoms with van der Waals surface area (Å²) < 4.78 is 21.6. The van der Waals surface area contributed by atoms with E-state index in [0.717, 1.165) is 54.9 Å². The van der Waals surface area contributed by atoms with Crippen molar-refractivity contribution in [1.29, 1.82) is 0 Å². The maximum absolute atomic E-state index is 14.2. The number of ether oxygens (including phenoxy) is 1. The van der Waals surface area contributed by atoms with E-state index in [0.29, 0.717) is 23.7 Å². The molecule has 1 aliphatic rings. The molecule has 0 radical (unpaired) electrons. The van der Waals surface area contributed by atoms with Crippen LogP contribution in [-0.4, -0.2) is 61.6 Å². The molecule has 0 saturated carbocycles. The molecule has 2 N–H and O–H groups in total. The van der Waals surface area contributed by atoms with Gasteiger partial charge < -0.3 is 19.7 Å². The van der Waals surface area contributed by atoms with Gasteiger partial charge in [0.2, 0.25) is 0 Å². The topological polar surface area (TPSA) is 91.6 Å². The molecule has 4 aromatic heterocycles. The zero-order valence-corrected chi connectivity index (χ0v) is 23.3. The molecule has 1 aliphatic heterocycles. The molecule has 0 bridgehead atoms. The average molecular weight is 523 g/mol. The predicted octanol–water partition coefficient (Wildman–Crippen LogP) is 5.82. The lowest BCUT2D eigenvalue weighted by Gasteiger charge is -2.34. The van der Waals surface area contributed by atoms with E-state index in [4.69, 9.17) is 9.72 Å². The highest BCUT2D eigenvalue weighted by Crippen LogP contribution is 2.40. The summed E-state index contributed by atoms with van der Waals surface area (Å²) >= 11 is 0. The minimum Gasteiger partial charge on any atom is -0.493 e. The summed E-state index contributed by atoms with van der Waals surface area (Å²) in [6, 6.07) is 2.01. The number of halogens is 1. The van der Waals surface area contributed by atoms with Crippen LogP contribution in [0.15, 0.2) is 24.8 Å². The van der Waals surface area contributed by atoms with Crippen molar-refractivity contribution in [2.45, 2.75) is 78.0 Å². The fraction of sp³-hybridized carbons (Fsp3) is 0.552. The number of nitrogens with zero attached hydrogens (tertiary/aromatic N) is 5. The number of nitrogens with one attached hydrogen (secondary N) is 1. The van der Waals surface area contributed by atoms with E-state index in [1.807, 2.05) is 18.5 Å². The zero-order chi connectivity index (χ0) is 27.2. The van der Waals surface area contributed by atoms with Gasteiger partial charge in [-0.1, -0.05) is 13.8 Å². The molecular weight excluding hydrogens is 483 g/mol. The van der Waals surface area contributed by atoms with Gasteiger partial charge in [-0.2, -0.15) is 5.10 Å². The number of methoxy groups -OCH3 is 1. The van der Waals surface area contributed by atoms with E-state index in [1.54, 1.807) is 25.5 Å². The van der Waals surface area contributed by atoms with Gasteiger partial charge in [0, 0.05) is 35.8 Å². The van der Waals surface area contributed by atoms with Crippen LogP contribution in [0.1, 0.15) is 70.4 Å². The van der Waals surface area contributed by atoms with E-state index in [2.05, 4.69) is 40.7 Å². The van der Waals surface area contributed by atoms with Crippen molar-refractivity contribution < 1.29 is 14.2 Å². The summed E-state index contributed by atoms with van der Waals surface area (Å²) in [6.07, 6.45) is 7.50. The van der Waals surface area contributed by atoms with Gasteiger partial charge in [0.15, 0.2) is 11.4 Å². The van der Waals surface area contributed by atoms with Crippen LogP contribution in [0.25, 0.3) is 27.8 Å². The molecule has 0 unspecified atom stereocenters. The molecule has 0 aliphatic carbocycles. The molecule has 4 aromatic rings. The van der Waals surface area contributed by atoms with Crippen LogP contribution >= 0.6 is 0 Å². The quantitative estimate of drug-likeness (QED) is 0.303. The Hall–Kier alpha value is -3.20. The Morgan fingerprint density at radius 3 is 2.63 bits per heavy atom. The molecule has 1 atom stereocenters. The largest absolute Gasteiger partial charge is 0.493 e. The fourth-order valence-corrected chi connectivity index (χ4v) is 5.84. The molecule has 1 fully saturated rings. The number of piperidine rings is 1. The first-order valence-electron chi connectivity index (χ1n) is 13.6. The van der Waals surface area contributed by atoms with Crippen LogP contribution in [0.3, 0.4) is 0 Å². The van der Waals surface area contributed by atoms with Gasteiger partial charge in [-0.15, -0.1) is 0 Å². The van der Waals surface area contributed by atoms with Crippen molar-refractivity contribution in [3.63, 3.8) is 0 Å². The second-order valence-electron chi connectivity index (χ2n) is 11.5. The van der Waals surface area contributed by atoms with Gasteiger partial charge in [0.25, 0.3) is 0 Å². The van der Waals surface area contributed by atoms with E-state index in [1.165, 1.54) is 22.8 Å². The third kappa shape index (κ3) is 4.84. The average Bonchev–Trinajstić information content (AvgIpc) is 3.52. The predicted molar refractivity (Wildman–Crippen MR) is 149 cm³/mol. The normalized spacial score (nSPS) is 16.2. The molecule has 0 aromatic carbocycles. The van der Waals surface area contributed by atoms with Gasteiger partial charge in [-0.05, 0) is 69.9 Å². The molecule has 0 amide bonds. The fourth-order valence-electron chi connectivity index (χ4n) is 5.84. The maximum atomic E-state index is 14.2. The smallest absolute Gasteiger partial charge is 0.197 e. The molecule has 8 nitrogen and oxygen atoms in total. The van der Waals surface area contributed by atoms with E-state index in [-0.39, 0.29) is 5.92 Å². The van der Waals surface area contributed by atoms with Gasteiger partial charge in [0.05, 0.1) is 30.1 Å². The molecule has 38 heavy (non-hydrogen) atoms. The number of H-pyrrole nitrogens is 1. The SMILES string of the molecule is COc1cc(-c2[nH]c3cnc(N4CCC(CC[C@@H](F)C(C)(C)O)CC4)c(C)c3c2C(C)C)cn2ncnc12. The Bertz CT molecular complexity index is 1430. The number of hydrogen-bond acceptors (Lipinski definition) is 6. The lowest BCUT2D eigenvalue weighted by atomic mass is 9.88. The van der Waals surface area contributed by atoms with Crippen LogP contribution in [0, 0.1) is 12.8 Å². The van der Waals surface area contributed by atoms with Crippen LogP contribution in [-0.2, 0) is 0 Å². The zero-order valence-electron chi connectivity index (χ0n) is 23.3. The van der Waals surface area contributed by atoms with Crippen LogP contribution in [0.5, 0.6) is 5.75 Å². The number of alkyl halides is 1. The number of aromatic amines is 1. The highest BCUT2D eigenvalue weighted by molar-refractivity contribution is 5.95. The van der Waals surface area contributed by atoms with Gasteiger partial charge in [-0.25, -0.2) is 18.9 Å². The summed E-state index contributed by atoms with van der Waals surface area (Å²) in [6.45, 7) is 11.5. The first kappa shape index (κ1) is 26.4. The Morgan fingerprint density at radius 1 is 1.24 bits per heavy atom. The first-order chi connectivity index (χ1) is 18.1. The third-order valence-electron chi connectivity index (χ3n) is 8.03. The number of rotatable bonds is 8. The Balaban J connectivity index is 1.43. The van der Waals surface area contributed by atoms with E-state index < -0.39 is 11.8 Å². The number of hydrogen-bond donors (Lipinski definition) is 2. The molecule has 1 saturated heterocycles. The minimum atomic E-state index is -1.27. The Labute approximate surface area is 223 Å². The van der Waals surface area contributed by atoms with Crippen LogP contribution in [0.4, 0.5) is 10.2 Å². The number of aryl methyl sites for hydroxylation is 1. The number of pyridine rings is 2. The molecule has 9 heteroatoms. The van der Waals surface area contributed by atoms with E-state index in [9.17, 15) is 9.50 Å². The summed E-state index contributed by atoms with van der Waals surface area (Å²) in [5.74, 6) is 2.45. The second kappa shape index (κ2) is 10.2. The second-order valence-corrected chi connectivity index (χ2v) is 11.5. The van der Waals surface area contributed by atoms with E-state index >= 15 is 0 Å². The first-order valence-corrected chi connectivity index (χ1v) is 13.6. The molecule has 5 heterocycles. The van der Waals surface area contributed by atoms with Crippen molar-refractivity contribution in [1.82, 2.24) is 24.6 Å². The summed E-state index contributed by atoms with van der Waals surface area (Å²) in [5, 5.41) is 15.5. The standard InChI is InChI=1S/C29H39FN6O2/c1-17(2)24-25-18(3)27(35-11-9-19(10-12-35)7-8-23(30)29(4,5)37)31-14-21(25)34-26(24)20-13-22(38-6)28-32-16-33-36(28)15-20/h13-17,19,23,34,37H,7-12H2,1-6H3/t23-/m1/s1. The van der Waals surface area contributed by atoms with Crippen molar-refractivity contribution in [3.8, 4) is 17.0 Å². The molecular formula is C29H39FN6O2. The maximum Gasteiger partial charge on any atom is 0.197 e. The monoisotopic (exact) mass is 522 g/mol. The third-order valence-corrected chi connectivity index (χ3v) is 8.03. The van der Waals surface area contributed by atoms with Crippen LogP contribution in [0.2, 0.25) is 0 Å². The molecule has 204 valence electrons. The van der Waals surface area contributed by atoms with Gasteiger partial charge in [-0.3, -0.25) is 0 Å². The Morgan fingerprint density at radius 2 is 1.97 bits per heavy atom. The van der Waals surface area contributed by atoms with Crippen LogP contribution < -0.4 is 9.64 Å². The molecule has 0 spiro atoms. The van der Waals surface area contributed by atoms with Crippen molar-refractivity contribution in [3.05, 3.63) is 35.9 Å². The highest BCUT2D eigenvalue weighted by atomic mass is 19.1. The number of aliphatic hydroxyl groups is 1. The number of fused-ring (bicyclic) bond motifs is 2. The lowest BCUT2D eigenvalue weighted by molar-refractivity contribution is -0.00946. The molecule has 5 rings (SSSR count). The van der Waals surface area contributed by atoms with Gasteiger partial charge in [0.1, 0.15) is 18.3 Å². The number of aromatic nitrogens is 5. The lowest BCUT2D eigenvalue weighted by Crippen LogP contribution is -2.36.